The maximum absolute atomic E-state index is 12.8. The van der Waals surface area contributed by atoms with Crippen LogP contribution in [0.15, 0.2) is 4.47 Å². The zero-order valence-electron chi connectivity index (χ0n) is 15.9. The third-order valence-corrected chi connectivity index (χ3v) is 6.54. The summed E-state index contributed by atoms with van der Waals surface area (Å²) in [5.41, 5.74) is 1.39. The van der Waals surface area contributed by atoms with Gasteiger partial charge < -0.3 is 9.80 Å². The number of nitrogens with one attached hydrogen (secondary N) is 1. The van der Waals surface area contributed by atoms with E-state index in [-0.39, 0.29) is 23.7 Å². The molecular weight excluding hydrogens is 396 g/mol. The zero-order chi connectivity index (χ0) is 18.8. The number of likely N-dealkylation sites (tertiary alicyclic amines) is 2. The van der Waals surface area contributed by atoms with Crippen LogP contribution in [0.25, 0.3) is 0 Å². The molecule has 1 N–H and O–H groups in total. The van der Waals surface area contributed by atoms with Gasteiger partial charge in [-0.2, -0.15) is 5.10 Å². The molecule has 2 saturated heterocycles. The van der Waals surface area contributed by atoms with Gasteiger partial charge in [0.05, 0.1) is 10.2 Å². The molecule has 2 amide bonds. The Hall–Kier alpha value is -1.37. The highest BCUT2D eigenvalue weighted by molar-refractivity contribution is 9.10. The maximum atomic E-state index is 12.8. The lowest BCUT2D eigenvalue weighted by molar-refractivity contribution is -0.138. The summed E-state index contributed by atoms with van der Waals surface area (Å²) < 4.78 is 0.762. The Morgan fingerprint density at radius 3 is 2.19 bits per heavy atom. The largest absolute Gasteiger partial charge is 0.342 e. The van der Waals surface area contributed by atoms with E-state index < -0.39 is 0 Å². The van der Waals surface area contributed by atoms with Gasteiger partial charge in [0.25, 0.3) is 5.91 Å². The summed E-state index contributed by atoms with van der Waals surface area (Å²) in [4.78, 5) is 29.4. The molecule has 2 aliphatic heterocycles. The maximum Gasteiger partial charge on any atom is 0.275 e. The molecule has 3 rings (SSSR count). The minimum absolute atomic E-state index is 0.0568. The van der Waals surface area contributed by atoms with Crippen molar-refractivity contribution >= 4 is 27.7 Å². The molecule has 0 atom stereocenters. The normalized spacial score (nSPS) is 20.0. The summed E-state index contributed by atoms with van der Waals surface area (Å²) in [6, 6.07) is 0. The predicted octanol–water partition coefficient (Wildman–Crippen LogP) is 3.41. The molecule has 0 bridgehead atoms. The molecule has 1 aromatic rings. The molecular formula is C19H29BrN4O2. The second kappa shape index (κ2) is 8.11. The van der Waals surface area contributed by atoms with Gasteiger partial charge in [-0.05, 0) is 53.4 Å². The van der Waals surface area contributed by atoms with Gasteiger partial charge in [-0.1, -0.05) is 20.8 Å². The quantitative estimate of drug-likeness (QED) is 0.807. The molecule has 0 aliphatic carbocycles. The smallest absolute Gasteiger partial charge is 0.275 e. The number of nitrogens with zero attached hydrogens (tertiary/aromatic N) is 3. The van der Waals surface area contributed by atoms with E-state index >= 15 is 0 Å². The number of carbonyl (C=O) groups excluding carboxylic acids is 2. The van der Waals surface area contributed by atoms with Crippen LogP contribution >= 0.6 is 15.9 Å². The van der Waals surface area contributed by atoms with Gasteiger partial charge in [-0.3, -0.25) is 14.7 Å². The highest BCUT2D eigenvalue weighted by Gasteiger charge is 2.33. The van der Waals surface area contributed by atoms with Crippen molar-refractivity contribution in [3.05, 3.63) is 15.9 Å². The molecule has 2 aliphatic rings. The van der Waals surface area contributed by atoms with Crippen molar-refractivity contribution in [2.24, 2.45) is 11.8 Å². The molecule has 2 fully saturated rings. The summed E-state index contributed by atoms with van der Waals surface area (Å²) in [5.74, 6) is 1.28. The lowest BCUT2D eigenvalue weighted by Gasteiger charge is -2.36. The monoisotopic (exact) mass is 424 g/mol. The molecule has 26 heavy (non-hydrogen) atoms. The molecule has 0 spiro atoms. The van der Waals surface area contributed by atoms with Crippen LogP contribution in [-0.4, -0.2) is 58.0 Å². The summed E-state index contributed by atoms with van der Waals surface area (Å²) in [5, 5.41) is 7.17. The Morgan fingerprint density at radius 1 is 1.08 bits per heavy atom. The average Bonchev–Trinajstić information content (AvgIpc) is 3.03. The van der Waals surface area contributed by atoms with E-state index in [0.29, 0.717) is 18.8 Å². The van der Waals surface area contributed by atoms with Gasteiger partial charge in [0, 0.05) is 32.1 Å². The number of halogens is 1. The van der Waals surface area contributed by atoms with E-state index in [1.165, 1.54) is 0 Å². The molecule has 7 heteroatoms. The van der Waals surface area contributed by atoms with Crippen LogP contribution in [0.3, 0.4) is 0 Å². The van der Waals surface area contributed by atoms with Crippen LogP contribution < -0.4 is 0 Å². The fourth-order valence-electron chi connectivity index (χ4n) is 3.83. The van der Waals surface area contributed by atoms with Crippen LogP contribution in [0.4, 0.5) is 0 Å². The Bertz CT molecular complexity index is 656. The van der Waals surface area contributed by atoms with Gasteiger partial charge in [0.2, 0.25) is 5.91 Å². The van der Waals surface area contributed by atoms with Crippen LogP contribution in [0.5, 0.6) is 0 Å². The van der Waals surface area contributed by atoms with Crippen molar-refractivity contribution < 1.29 is 9.59 Å². The Morgan fingerprint density at radius 2 is 1.65 bits per heavy atom. The van der Waals surface area contributed by atoms with Gasteiger partial charge in [0.1, 0.15) is 0 Å². The van der Waals surface area contributed by atoms with Crippen LogP contribution in [0.2, 0.25) is 0 Å². The minimum Gasteiger partial charge on any atom is -0.342 e. The van der Waals surface area contributed by atoms with Gasteiger partial charge in [0.15, 0.2) is 5.69 Å². The van der Waals surface area contributed by atoms with E-state index in [9.17, 15) is 9.59 Å². The number of aromatic amines is 1. The molecule has 1 aromatic heterocycles. The summed E-state index contributed by atoms with van der Waals surface area (Å²) in [7, 11) is 0. The van der Waals surface area contributed by atoms with E-state index in [1.807, 2.05) is 9.80 Å². The molecule has 3 heterocycles. The zero-order valence-corrected chi connectivity index (χ0v) is 17.5. The SMILES string of the molecule is CC1CCN(C(=O)C2CCN(C(=O)c3n[nH]c(C(C)C)c3Br)CC2)CC1. The summed E-state index contributed by atoms with van der Waals surface area (Å²) in [6.45, 7) is 9.39. The number of aromatic nitrogens is 2. The molecule has 6 nitrogen and oxygen atoms in total. The van der Waals surface area contributed by atoms with E-state index in [0.717, 1.165) is 54.9 Å². The van der Waals surface area contributed by atoms with E-state index in [4.69, 9.17) is 0 Å². The first-order valence-corrected chi connectivity index (χ1v) is 10.5. The van der Waals surface area contributed by atoms with Crippen molar-refractivity contribution in [2.45, 2.75) is 52.4 Å². The van der Waals surface area contributed by atoms with E-state index in [2.05, 4.69) is 46.9 Å². The average molecular weight is 425 g/mol. The fourth-order valence-corrected chi connectivity index (χ4v) is 4.64. The molecule has 0 aromatic carbocycles. The standard InChI is InChI=1S/C19H29BrN4O2/c1-12(2)16-15(20)17(22-21-16)19(26)24-10-6-14(7-11-24)18(25)23-8-4-13(3)5-9-23/h12-14H,4-11H2,1-3H3,(H,21,22). The highest BCUT2D eigenvalue weighted by atomic mass is 79.9. The van der Waals surface area contributed by atoms with Crippen LogP contribution in [0.1, 0.15) is 68.6 Å². The topological polar surface area (TPSA) is 69.3 Å². The van der Waals surface area contributed by atoms with Crippen LogP contribution in [-0.2, 0) is 4.79 Å². The third-order valence-electron chi connectivity index (χ3n) is 5.74. The number of H-pyrrole nitrogens is 1. The molecule has 0 radical (unpaired) electrons. The lowest BCUT2D eigenvalue weighted by Crippen LogP contribution is -2.46. The first kappa shape index (κ1) is 19.4. The Labute approximate surface area is 163 Å². The van der Waals surface area contributed by atoms with Gasteiger partial charge in [-0.25, -0.2) is 0 Å². The van der Waals surface area contributed by atoms with Crippen molar-refractivity contribution in [3.8, 4) is 0 Å². The minimum atomic E-state index is -0.0577. The molecule has 144 valence electrons. The first-order chi connectivity index (χ1) is 12.4. The molecule has 0 unspecified atom stereocenters. The van der Waals surface area contributed by atoms with Crippen molar-refractivity contribution in [1.29, 1.82) is 0 Å². The Kier molecular flexibility index (Phi) is 6.05. The van der Waals surface area contributed by atoms with Crippen molar-refractivity contribution in [3.63, 3.8) is 0 Å². The number of hydrogen-bond acceptors (Lipinski definition) is 3. The number of amides is 2. The van der Waals surface area contributed by atoms with Crippen LogP contribution in [0, 0.1) is 11.8 Å². The second-order valence-corrected chi connectivity index (χ2v) is 8.82. The number of hydrogen-bond donors (Lipinski definition) is 1. The van der Waals surface area contributed by atoms with Crippen molar-refractivity contribution in [1.82, 2.24) is 20.0 Å². The van der Waals surface area contributed by atoms with Gasteiger partial charge in [-0.15, -0.1) is 0 Å². The first-order valence-electron chi connectivity index (χ1n) is 9.70. The Balaban J connectivity index is 1.56. The predicted molar refractivity (Wildman–Crippen MR) is 104 cm³/mol. The summed E-state index contributed by atoms with van der Waals surface area (Å²) in [6.07, 6.45) is 3.70. The third kappa shape index (κ3) is 3.97. The number of rotatable bonds is 3. The lowest BCUT2D eigenvalue weighted by atomic mass is 9.92. The summed E-state index contributed by atoms with van der Waals surface area (Å²) >= 11 is 3.51. The fraction of sp³-hybridized carbons (Fsp3) is 0.737. The number of carbonyl (C=O) groups is 2. The van der Waals surface area contributed by atoms with Crippen molar-refractivity contribution in [2.75, 3.05) is 26.2 Å². The molecule has 0 saturated carbocycles. The second-order valence-electron chi connectivity index (χ2n) is 8.03. The highest BCUT2D eigenvalue weighted by Crippen LogP contribution is 2.28. The van der Waals surface area contributed by atoms with E-state index in [1.54, 1.807) is 0 Å². The number of piperidine rings is 2. The van der Waals surface area contributed by atoms with Gasteiger partial charge >= 0.3 is 0 Å².